The third-order valence-electron chi connectivity index (χ3n) is 4.50. The second-order valence-corrected chi connectivity index (χ2v) is 6.66. The van der Waals surface area contributed by atoms with Crippen molar-refractivity contribution in [1.29, 1.82) is 0 Å². The molecule has 0 aliphatic heterocycles. The van der Waals surface area contributed by atoms with Crippen LogP contribution in [-0.4, -0.2) is 24.3 Å². The second kappa shape index (κ2) is 9.66. The third-order valence-corrected chi connectivity index (χ3v) is 4.50. The number of benzene rings is 1. The van der Waals surface area contributed by atoms with E-state index in [-0.39, 0.29) is 11.6 Å². The van der Waals surface area contributed by atoms with Gasteiger partial charge in [0.15, 0.2) is 0 Å². The van der Waals surface area contributed by atoms with Crippen molar-refractivity contribution in [3.05, 3.63) is 52.0 Å². The van der Waals surface area contributed by atoms with Gasteiger partial charge in [-0.05, 0) is 69.9 Å². The van der Waals surface area contributed by atoms with Gasteiger partial charge in [-0.3, -0.25) is 9.79 Å². The Morgan fingerprint density at radius 3 is 2.25 bits per heavy atom. The third kappa shape index (κ3) is 6.04. The van der Waals surface area contributed by atoms with Crippen molar-refractivity contribution in [3.8, 4) is 0 Å². The maximum Gasteiger partial charge on any atom is 0.413 e. The zero-order valence-corrected chi connectivity index (χ0v) is 17.0. The molecule has 0 aromatic heterocycles. The van der Waals surface area contributed by atoms with Gasteiger partial charge in [0.05, 0.1) is 0 Å². The van der Waals surface area contributed by atoms with Crippen LogP contribution in [-0.2, 0) is 4.79 Å². The number of amides is 1. The number of allylic oxidation sites excluding steroid dienone is 2. The van der Waals surface area contributed by atoms with Gasteiger partial charge < -0.3 is 5.32 Å². The average molecular weight is 398 g/mol. The van der Waals surface area contributed by atoms with Crippen LogP contribution in [0.2, 0.25) is 0 Å². The minimum Gasteiger partial charge on any atom is -0.352 e. The van der Waals surface area contributed by atoms with E-state index in [4.69, 9.17) is 0 Å². The predicted octanol–water partition coefficient (Wildman–Crippen LogP) is 5.73. The van der Waals surface area contributed by atoms with Crippen LogP contribution in [0.5, 0.6) is 0 Å². The molecule has 1 aromatic rings. The van der Waals surface area contributed by atoms with Crippen molar-refractivity contribution >= 4 is 17.2 Å². The van der Waals surface area contributed by atoms with E-state index in [1.54, 1.807) is 20.8 Å². The highest BCUT2D eigenvalue weighted by Crippen LogP contribution is 2.27. The lowest BCUT2D eigenvalue weighted by Gasteiger charge is -2.15. The van der Waals surface area contributed by atoms with Crippen molar-refractivity contribution in [3.63, 3.8) is 0 Å². The molecule has 7 heteroatoms. The van der Waals surface area contributed by atoms with Crippen LogP contribution in [0.4, 0.5) is 17.6 Å². The quantitative estimate of drug-likeness (QED) is 0.371. The first kappa shape index (κ1) is 23.6. The molecule has 1 aromatic carbocycles. The Morgan fingerprint density at radius 1 is 1.14 bits per heavy atom. The van der Waals surface area contributed by atoms with Crippen LogP contribution in [0.1, 0.15) is 57.7 Å². The Balaban J connectivity index is 3.42. The van der Waals surface area contributed by atoms with E-state index >= 15 is 0 Å². The number of halogens is 4. The van der Waals surface area contributed by atoms with Gasteiger partial charge in [-0.25, -0.2) is 4.39 Å². The summed E-state index contributed by atoms with van der Waals surface area (Å²) in [5.74, 6) is -0.790. The maximum atomic E-state index is 14.2. The largest absolute Gasteiger partial charge is 0.413 e. The lowest BCUT2D eigenvalue weighted by Crippen LogP contribution is -2.25. The minimum atomic E-state index is -4.46. The fraction of sp³-hybridized carbons (Fsp3) is 0.429. The van der Waals surface area contributed by atoms with E-state index in [0.29, 0.717) is 34.4 Å². The number of alkyl halides is 3. The monoisotopic (exact) mass is 398 g/mol. The van der Waals surface area contributed by atoms with Crippen LogP contribution in [0.3, 0.4) is 0 Å². The lowest BCUT2D eigenvalue weighted by molar-refractivity contribution is -0.117. The van der Waals surface area contributed by atoms with Crippen molar-refractivity contribution in [2.45, 2.75) is 54.1 Å². The number of hydrogen-bond donors (Lipinski definition) is 1. The topological polar surface area (TPSA) is 41.5 Å². The van der Waals surface area contributed by atoms with E-state index in [1.807, 2.05) is 6.92 Å². The molecular weight excluding hydrogens is 372 g/mol. The summed E-state index contributed by atoms with van der Waals surface area (Å²) in [6, 6.07) is 2.54. The summed E-state index contributed by atoms with van der Waals surface area (Å²) in [7, 11) is 0. The number of rotatable bonds is 6. The first-order valence-corrected chi connectivity index (χ1v) is 8.95. The van der Waals surface area contributed by atoms with E-state index in [0.717, 1.165) is 19.5 Å². The number of nitrogens with one attached hydrogen (secondary N) is 1. The van der Waals surface area contributed by atoms with Crippen molar-refractivity contribution in [2.24, 2.45) is 4.99 Å². The SMILES string of the molecule is CCCNC(=O)/C(C)=C(\C)c1cc(F)cc(/C(C)=N/C=C(\C)C(F)(F)F)c1C. The molecule has 0 heterocycles. The van der Waals surface area contributed by atoms with Gasteiger partial charge in [0, 0.05) is 35.2 Å². The molecule has 0 aliphatic rings. The molecule has 1 amide bonds. The molecule has 154 valence electrons. The summed E-state index contributed by atoms with van der Waals surface area (Å²) in [6.45, 7) is 10.0. The standard InChI is InChI=1S/C21H26F4N2O/c1-7-8-26-20(28)14(4)13(3)18-9-17(22)10-19(15(18)5)16(6)27-11-12(2)21(23,24)25/h9-11H,7-8H2,1-6H3,(H,26,28)/b12-11+,14-13+,27-16+. The highest BCUT2D eigenvalue weighted by Gasteiger charge is 2.29. The first-order valence-electron chi connectivity index (χ1n) is 8.95. The molecule has 0 radical (unpaired) electrons. The van der Waals surface area contributed by atoms with Gasteiger partial charge in [-0.2, -0.15) is 13.2 Å². The van der Waals surface area contributed by atoms with Crippen molar-refractivity contribution in [2.75, 3.05) is 6.54 Å². The first-order chi connectivity index (χ1) is 12.9. The average Bonchev–Trinajstić information content (AvgIpc) is 2.63. The van der Waals surface area contributed by atoms with Gasteiger partial charge in [0.25, 0.3) is 0 Å². The Morgan fingerprint density at radius 2 is 1.71 bits per heavy atom. The molecule has 0 fully saturated rings. The van der Waals surface area contributed by atoms with Gasteiger partial charge in [-0.15, -0.1) is 0 Å². The molecule has 0 spiro atoms. The van der Waals surface area contributed by atoms with Crippen LogP contribution in [0.25, 0.3) is 5.57 Å². The highest BCUT2D eigenvalue weighted by molar-refractivity contribution is 6.03. The normalized spacial score (nSPS) is 14.1. The summed E-state index contributed by atoms with van der Waals surface area (Å²) in [4.78, 5) is 16.1. The van der Waals surface area contributed by atoms with Gasteiger partial charge >= 0.3 is 6.18 Å². The maximum absolute atomic E-state index is 14.2. The van der Waals surface area contributed by atoms with Crippen LogP contribution >= 0.6 is 0 Å². The van der Waals surface area contributed by atoms with E-state index in [1.165, 1.54) is 19.1 Å². The van der Waals surface area contributed by atoms with Gasteiger partial charge in [-0.1, -0.05) is 6.92 Å². The molecule has 0 bridgehead atoms. The summed E-state index contributed by atoms with van der Waals surface area (Å²) >= 11 is 0. The molecule has 1 rings (SSSR count). The fourth-order valence-corrected chi connectivity index (χ4v) is 2.52. The van der Waals surface area contributed by atoms with Crippen molar-refractivity contribution < 1.29 is 22.4 Å². The van der Waals surface area contributed by atoms with Crippen LogP contribution < -0.4 is 5.32 Å². The summed E-state index contributed by atoms with van der Waals surface area (Å²) in [5.41, 5.74) is 2.01. The number of carbonyl (C=O) groups is 1. The number of carbonyl (C=O) groups excluding carboxylic acids is 1. The molecule has 3 nitrogen and oxygen atoms in total. The summed E-state index contributed by atoms with van der Waals surface area (Å²) in [5, 5.41) is 2.77. The Hall–Kier alpha value is -2.44. The van der Waals surface area contributed by atoms with Gasteiger partial charge in [0.1, 0.15) is 5.82 Å². The zero-order chi connectivity index (χ0) is 21.6. The molecule has 0 saturated heterocycles. The van der Waals surface area contributed by atoms with E-state index < -0.39 is 17.6 Å². The number of hydrogen-bond acceptors (Lipinski definition) is 2. The molecule has 28 heavy (non-hydrogen) atoms. The van der Waals surface area contributed by atoms with Crippen LogP contribution in [0.15, 0.2) is 34.5 Å². The number of nitrogens with zero attached hydrogens (tertiary/aromatic N) is 1. The van der Waals surface area contributed by atoms with E-state index in [9.17, 15) is 22.4 Å². The van der Waals surface area contributed by atoms with E-state index in [2.05, 4.69) is 10.3 Å². The summed E-state index contributed by atoms with van der Waals surface area (Å²) < 4.78 is 52.1. The Kier molecular flexibility index (Phi) is 8.14. The zero-order valence-electron chi connectivity index (χ0n) is 17.0. The minimum absolute atomic E-state index is 0.237. The molecular formula is C21H26F4N2O. The molecule has 0 saturated carbocycles. The van der Waals surface area contributed by atoms with Crippen LogP contribution in [0, 0.1) is 12.7 Å². The number of aliphatic imine (C=N–C) groups is 1. The molecule has 0 atom stereocenters. The Labute approximate surface area is 163 Å². The van der Waals surface area contributed by atoms with Gasteiger partial charge in [0.2, 0.25) is 5.91 Å². The highest BCUT2D eigenvalue weighted by atomic mass is 19.4. The summed E-state index contributed by atoms with van der Waals surface area (Å²) in [6.07, 6.45) is -2.94. The molecule has 1 N–H and O–H groups in total. The molecule has 0 aliphatic carbocycles. The smallest absolute Gasteiger partial charge is 0.352 e. The second-order valence-electron chi connectivity index (χ2n) is 6.66. The predicted molar refractivity (Wildman–Crippen MR) is 105 cm³/mol. The molecule has 0 unspecified atom stereocenters. The van der Waals surface area contributed by atoms with Crippen molar-refractivity contribution in [1.82, 2.24) is 5.32 Å². The lowest BCUT2D eigenvalue weighted by atomic mass is 9.92. The fourth-order valence-electron chi connectivity index (χ4n) is 2.52. The Bertz CT molecular complexity index is 834.